The zero-order valence-electron chi connectivity index (χ0n) is 10.9. The second kappa shape index (κ2) is 7.33. The van der Waals surface area contributed by atoms with Crippen LogP contribution < -0.4 is 0 Å². The highest BCUT2D eigenvalue weighted by Gasteiger charge is 2.30. The van der Waals surface area contributed by atoms with Crippen molar-refractivity contribution in [3.63, 3.8) is 0 Å². The number of carbonyl (C=O) groups excluding carboxylic acids is 2. The van der Waals surface area contributed by atoms with Gasteiger partial charge >= 0.3 is 5.97 Å². The zero-order chi connectivity index (χ0) is 13.5. The van der Waals surface area contributed by atoms with E-state index in [1.54, 1.807) is 6.92 Å². The molecule has 6 nitrogen and oxygen atoms in total. The van der Waals surface area contributed by atoms with Gasteiger partial charge in [-0.05, 0) is 12.8 Å². The first-order valence-corrected chi connectivity index (χ1v) is 6.19. The summed E-state index contributed by atoms with van der Waals surface area (Å²) in [6.45, 7) is 2.60. The molecular weight excluding hydrogens is 238 g/mol. The van der Waals surface area contributed by atoms with Gasteiger partial charge in [-0.25, -0.2) is 0 Å². The number of aliphatic hydroxyl groups is 1. The molecule has 0 aromatic rings. The van der Waals surface area contributed by atoms with Gasteiger partial charge in [0.1, 0.15) is 6.10 Å². The van der Waals surface area contributed by atoms with Crippen molar-refractivity contribution in [2.45, 2.75) is 25.9 Å². The molecule has 104 valence electrons. The maximum Gasteiger partial charge on any atom is 0.310 e. The number of esters is 1. The number of carbonyl (C=O) groups is 2. The first-order chi connectivity index (χ1) is 8.60. The molecule has 1 amide bonds. The van der Waals surface area contributed by atoms with E-state index in [0.29, 0.717) is 13.0 Å². The van der Waals surface area contributed by atoms with E-state index < -0.39 is 12.0 Å². The Morgan fingerprint density at radius 3 is 2.78 bits per heavy atom. The molecule has 0 spiro atoms. The summed E-state index contributed by atoms with van der Waals surface area (Å²) in [4.78, 5) is 24.9. The number of ether oxygens (including phenoxy) is 2. The van der Waals surface area contributed by atoms with Gasteiger partial charge in [0, 0.05) is 19.7 Å². The van der Waals surface area contributed by atoms with Gasteiger partial charge < -0.3 is 19.5 Å². The lowest BCUT2D eigenvalue weighted by atomic mass is 10.1. The minimum Gasteiger partial charge on any atom is -0.469 e. The highest BCUT2D eigenvalue weighted by molar-refractivity contribution is 5.82. The third-order valence-corrected chi connectivity index (χ3v) is 2.98. The summed E-state index contributed by atoms with van der Waals surface area (Å²) in [5.41, 5.74) is 0. The fraction of sp³-hybridized carbons (Fsp3) is 0.833. The predicted molar refractivity (Wildman–Crippen MR) is 63.8 cm³/mol. The second-order valence-corrected chi connectivity index (χ2v) is 4.43. The van der Waals surface area contributed by atoms with Gasteiger partial charge in [-0.15, -0.1) is 0 Å². The minimum absolute atomic E-state index is 0.133. The molecule has 1 aliphatic heterocycles. The van der Waals surface area contributed by atoms with Crippen LogP contribution in [-0.4, -0.2) is 61.4 Å². The van der Waals surface area contributed by atoms with E-state index in [4.69, 9.17) is 9.84 Å². The number of methoxy groups -OCH3 is 1. The van der Waals surface area contributed by atoms with Crippen LogP contribution in [0.1, 0.15) is 19.8 Å². The quantitative estimate of drug-likeness (QED) is 0.668. The molecule has 2 atom stereocenters. The van der Waals surface area contributed by atoms with Crippen LogP contribution in [0.4, 0.5) is 0 Å². The maximum atomic E-state index is 12.1. The van der Waals surface area contributed by atoms with Crippen molar-refractivity contribution in [1.82, 2.24) is 4.90 Å². The highest BCUT2D eigenvalue weighted by Crippen LogP contribution is 2.15. The number of nitrogens with zero attached hydrogens (tertiary/aromatic N) is 1. The Balaban J connectivity index is 2.57. The second-order valence-electron chi connectivity index (χ2n) is 4.43. The average Bonchev–Trinajstić information content (AvgIpc) is 2.90. The molecule has 1 aliphatic rings. The Hall–Kier alpha value is -1.14. The molecule has 0 aromatic heterocycles. The summed E-state index contributed by atoms with van der Waals surface area (Å²) < 4.78 is 9.95. The SMILES string of the molecule is COC(=O)C(C)CN(CCO)C(=O)C1CCCO1. The van der Waals surface area contributed by atoms with Crippen LogP contribution in [0.3, 0.4) is 0 Å². The average molecular weight is 259 g/mol. The molecule has 1 fully saturated rings. The molecule has 0 saturated carbocycles. The van der Waals surface area contributed by atoms with E-state index in [2.05, 4.69) is 4.74 Å². The van der Waals surface area contributed by atoms with Gasteiger partial charge in [-0.2, -0.15) is 0 Å². The van der Waals surface area contributed by atoms with Crippen molar-refractivity contribution in [2.75, 3.05) is 33.4 Å². The van der Waals surface area contributed by atoms with Crippen LogP contribution in [0.2, 0.25) is 0 Å². The van der Waals surface area contributed by atoms with Gasteiger partial charge in [0.2, 0.25) is 0 Å². The van der Waals surface area contributed by atoms with E-state index in [-0.39, 0.29) is 31.6 Å². The Labute approximate surface area is 107 Å². The normalized spacial score (nSPS) is 20.5. The number of hydrogen-bond donors (Lipinski definition) is 1. The predicted octanol–water partition coefficient (Wildman–Crippen LogP) is -0.205. The number of aliphatic hydroxyl groups excluding tert-OH is 1. The van der Waals surface area contributed by atoms with Crippen LogP contribution in [0.15, 0.2) is 0 Å². The maximum absolute atomic E-state index is 12.1. The van der Waals surface area contributed by atoms with Gasteiger partial charge in [-0.1, -0.05) is 6.92 Å². The van der Waals surface area contributed by atoms with E-state index in [1.807, 2.05) is 0 Å². The minimum atomic E-state index is -0.429. The molecule has 0 aromatic carbocycles. The van der Waals surface area contributed by atoms with Crippen molar-refractivity contribution in [1.29, 1.82) is 0 Å². The van der Waals surface area contributed by atoms with Crippen LogP contribution >= 0.6 is 0 Å². The third-order valence-electron chi connectivity index (χ3n) is 2.98. The molecule has 0 radical (unpaired) electrons. The number of amides is 1. The van der Waals surface area contributed by atoms with Crippen molar-refractivity contribution in [3.05, 3.63) is 0 Å². The Morgan fingerprint density at radius 2 is 2.28 bits per heavy atom. The van der Waals surface area contributed by atoms with E-state index in [0.717, 1.165) is 6.42 Å². The Morgan fingerprint density at radius 1 is 1.56 bits per heavy atom. The third kappa shape index (κ3) is 3.96. The molecule has 6 heteroatoms. The van der Waals surface area contributed by atoms with Gasteiger partial charge in [-0.3, -0.25) is 9.59 Å². The summed E-state index contributed by atoms with van der Waals surface area (Å²) in [5.74, 6) is -0.928. The molecule has 1 heterocycles. The molecule has 0 aliphatic carbocycles. The van der Waals surface area contributed by atoms with Crippen LogP contribution in [0, 0.1) is 5.92 Å². The lowest BCUT2D eigenvalue weighted by Crippen LogP contribution is -2.44. The fourth-order valence-corrected chi connectivity index (χ4v) is 1.99. The zero-order valence-corrected chi connectivity index (χ0v) is 10.9. The largest absolute Gasteiger partial charge is 0.469 e. The lowest BCUT2D eigenvalue weighted by Gasteiger charge is -2.26. The Kier molecular flexibility index (Phi) is 6.07. The lowest BCUT2D eigenvalue weighted by molar-refractivity contribution is -0.148. The molecule has 2 unspecified atom stereocenters. The van der Waals surface area contributed by atoms with Crippen molar-refractivity contribution < 1.29 is 24.2 Å². The summed E-state index contributed by atoms with van der Waals surface area (Å²) in [6, 6.07) is 0. The van der Waals surface area contributed by atoms with Gasteiger partial charge in [0.25, 0.3) is 5.91 Å². The van der Waals surface area contributed by atoms with Gasteiger partial charge in [0.05, 0.1) is 19.6 Å². The van der Waals surface area contributed by atoms with Crippen molar-refractivity contribution >= 4 is 11.9 Å². The monoisotopic (exact) mass is 259 g/mol. The highest BCUT2D eigenvalue weighted by atomic mass is 16.5. The first-order valence-electron chi connectivity index (χ1n) is 6.19. The van der Waals surface area contributed by atoms with Crippen molar-refractivity contribution in [2.24, 2.45) is 5.92 Å². The summed E-state index contributed by atoms with van der Waals surface area (Å²) in [7, 11) is 1.32. The standard InChI is InChI=1S/C12H21NO5/c1-9(12(16)17-2)8-13(5-6-14)11(15)10-4-3-7-18-10/h9-10,14H,3-8H2,1-2H3. The molecule has 1 N–H and O–H groups in total. The summed E-state index contributed by atoms with van der Waals surface area (Å²) in [6.07, 6.45) is 1.14. The van der Waals surface area contributed by atoms with Crippen LogP contribution in [0.5, 0.6) is 0 Å². The fourth-order valence-electron chi connectivity index (χ4n) is 1.99. The topological polar surface area (TPSA) is 76.1 Å². The van der Waals surface area contributed by atoms with E-state index >= 15 is 0 Å². The molecule has 18 heavy (non-hydrogen) atoms. The Bertz CT molecular complexity index is 288. The molecule has 0 bridgehead atoms. The summed E-state index contributed by atoms with van der Waals surface area (Å²) in [5, 5.41) is 8.99. The van der Waals surface area contributed by atoms with Crippen LogP contribution in [-0.2, 0) is 19.1 Å². The van der Waals surface area contributed by atoms with Gasteiger partial charge in [0.15, 0.2) is 0 Å². The summed E-state index contributed by atoms with van der Waals surface area (Å²) >= 11 is 0. The van der Waals surface area contributed by atoms with Crippen LogP contribution in [0.25, 0.3) is 0 Å². The first kappa shape index (κ1) is 14.9. The smallest absolute Gasteiger partial charge is 0.310 e. The number of rotatable bonds is 6. The molecule has 1 rings (SSSR count). The van der Waals surface area contributed by atoms with Crippen molar-refractivity contribution in [3.8, 4) is 0 Å². The number of hydrogen-bond acceptors (Lipinski definition) is 5. The van der Waals surface area contributed by atoms with E-state index in [1.165, 1.54) is 12.0 Å². The van der Waals surface area contributed by atoms with E-state index in [9.17, 15) is 9.59 Å². The molecular formula is C12H21NO5. The molecule has 1 saturated heterocycles.